The molecule has 3 nitrogen and oxygen atoms in total. The molecule has 146 valence electrons. The average Bonchev–Trinajstić information content (AvgIpc) is 3.05. The number of aryl methyl sites for hydroxylation is 3. The molecule has 0 spiro atoms. The van der Waals surface area contributed by atoms with E-state index in [0.717, 1.165) is 56.4 Å². The Bertz CT molecular complexity index is 1300. The van der Waals surface area contributed by atoms with Crippen molar-refractivity contribution in [3.63, 3.8) is 0 Å². The van der Waals surface area contributed by atoms with Crippen LogP contribution < -0.4 is 5.32 Å². The summed E-state index contributed by atoms with van der Waals surface area (Å²) in [5.74, 6) is 0. The van der Waals surface area contributed by atoms with E-state index < -0.39 is 0 Å². The van der Waals surface area contributed by atoms with Crippen molar-refractivity contribution in [2.75, 3.05) is 5.32 Å². The van der Waals surface area contributed by atoms with Gasteiger partial charge in [0.05, 0.1) is 28.3 Å². The fraction of sp³-hybridized carbons (Fsp3) is 0.111. The number of benzene rings is 3. The van der Waals surface area contributed by atoms with Gasteiger partial charge in [-0.1, -0.05) is 60.7 Å². The number of hydrogen-bond acceptors (Lipinski definition) is 3. The van der Waals surface area contributed by atoms with Gasteiger partial charge >= 0.3 is 0 Å². The van der Waals surface area contributed by atoms with Crippen LogP contribution in [0.5, 0.6) is 0 Å². The van der Waals surface area contributed by atoms with E-state index in [9.17, 15) is 0 Å². The van der Waals surface area contributed by atoms with Crippen LogP contribution in [0.25, 0.3) is 11.3 Å². The van der Waals surface area contributed by atoms with Crippen LogP contribution in [0.1, 0.15) is 27.9 Å². The summed E-state index contributed by atoms with van der Waals surface area (Å²) in [7, 11) is 0. The predicted octanol–water partition coefficient (Wildman–Crippen LogP) is 6.90. The molecule has 1 aliphatic carbocycles. The molecule has 1 aliphatic rings. The lowest BCUT2D eigenvalue weighted by Crippen LogP contribution is -2.05. The van der Waals surface area contributed by atoms with Crippen LogP contribution in [0, 0.1) is 20.8 Å². The fourth-order valence-electron chi connectivity index (χ4n) is 4.02. The maximum Gasteiger partial charge on any atom is 0.0831 e. The van der Waals surface area contributed by atoms with Crippen molar-refractivity contribution in [3.8, 4) is 11.3 Å². The second-order valence-electron chi connectivity index (χ2n) is 7.77. The third-order valence-electron chi connectivity index (χ3n) is 5.58. The van der Waals surface area contributed by atoms with Gasteiger partial charge in [0, 0.05) is 22.5 Å². The minimum atomic E-state index is 0.971. The number of aromatic nitrogens is 1. The van der Waals surface area contributed by atoms with Crippen LogP contribution in [0.4, 0.5) is 17.1 Å². The summed E-state index contributed by atoms with van der Waals surface area (Å²) < 4.78 is 0. The predicted molar refractivity (Wildman–Crippen MR) is 125 cm³/mol. The van der Waals surface area contributed by atoms with Crippen molar-refractivity contribution in [2.24, 2.45) is 4.99 Å². The molecule has 30 heavy (non-hydrogen) atoms. The monoisotopic (exact) mass is 389 g/mol. The molecule has 0 radical (unpaired) electrons. The minimum Gasteiger partial charge on any atom is -0.355 e. The number of rotatable bonds is 3. The summed E-state index contributed by atoms with van der Waals surface area (Å²) >= 11 is 0. The Morgan fingerprint density at radius 1 is 0.700 bits per heavy atom. The zero-order valence-corrected chi connectivity index (χ0v) is 17.4. The molecule has 1 aromatic heterocycles. The van der Waals surface area contributed by atoms with Gasteiger partial charge in [0.15, 0.2) is 0 Å². The van der Waals surface area contributed by atoms with Gasteiger partial charge in [0.25, 0.3) is 0 Å². The van der Waals surface area contributed by atoms with E-state index in [-0.39, 0.29) is 0 Å². The molecule has 0 aliphatic heterocycles. The Morgan fingerprint density at radius 2 is 1.37 bits per heavy atom. The third-order valence-corrected chi connectivity index (χ3v) is 5.58. The Kier molecular flexibility index (Phi) is 4.44. The molecule has 0 saturated heterocycles. The summed E-state index contributed by atoms with van der Waals surface area (Å²) in [6.45, 7) is 6.26. The Labute approximate surface area is 177 Å². The van der Waals surface area contributed by atoms with Gasteiger partial charge < -0.3 is 5.32 Å². The molecular weight excluding hydrogens is 366 g/mol. The minimum absolute atomic E-state index is 0.971. The quantitative estimate of drug-likeness (QED) is 0.364. The molecule has 0 fully saturated rings. The topological polar surface area (TPSA) is 37.3 Å². The summed E-state index contributed by atoms with van der Waals surface area (Å²) in [5.41, 5.74) is 11.7. The van der Waals surface area contributed by atoms with Crippen molar-refractivity contribution in [1.29, 1.82) is 0 Å². The number of aliphatic imine (C=N–C) groups is 1. The van der Waals surface area contributed by atoms with Crippen LogP contribution in [0.2, 0.25) is 0 Å². The summed E-state index contributed by atoms with van der Waals surface area (Å²) in [5, 5.41) is 3.66. The molecule has 1 N–H and O–H groups in total. The largest absolute Gasteiger partial charge is 0.355 e. The molecule has 0 bridgehead atoms. The van der Waals surface area contributed by atoms with E-state index >= 15 is 0 Å². The molecule has 5 rings (SSSR count). The lowest BCUT2D eigenvalue weighted by molar-refractivity contribution is 1.20. The van der Waals surface area contributed by atoms with Crippen molar-refractivity contribution >= 4 is 22.8 Å². The van der Waals surface area contributed by atoms with E-state index in [1.54, 1.807) is 0 Å². The number of hydrogen-bond donors (Lipinski definition) is 1. The summed E-state index contributed by atoms with van der Waals surface area (Å²) in [4.78, 5) is 10.0. The first-order valence-electron chi connectivity index (χ1n) is 10.2. The number of fused-ring (bicyclic) bond motifs is 3. The highest BCUT2D eigenvalue weighted by Gasteiger charge is 2.29. The second kappa shape index (κ2) is 7.27. The Morgan fingerprint density at radius 3 is 2.13 bits per heavy atom. The Hall–Kier alpha value is -3.72. The number of para-hydroxylation sites is 2. The molecule has 0 saturated carbocycles. The fourth-order valence-corrected chi connectivity index (χ4v) is 4.02. The number of nitrogens with zero attached hydrogens (tertiary/aromatic N) is 2. The molecular formula is C27H23N3. The van der Waals surface area contributed by atoms with Gasteiger partial charge in [-0.25, -0.2) is 4.99 Å². The van der Waals surface area contributed by atoms with E-state index in [4.69, 9.17) is 9.98 Å². The number of pyridine rings is 1. The normalized spacial score (nSPS) is 13.2. The molecule has 0 unspecified atom stereocenters. The van der Waals surface area contributed by atoms with Crippen molar-refractivity contribution in [3.05, 3.63) is 107 Å². The first kappa shape index (κ1) is 18.3. The zero-order valence-electron chi connectivity index (χ0n) is 17.4. The van der Waals surface area contributed by atoms with E-state index in [1.165, 1.54) is 5.56 Å². The molecule has 3 heteroatoms. The van der Waals surface area contributed by atoms with Crippen LogP contribution in [-0.2, 0) is 0 Å². The number of nitrogens with one attached hydrogen (secondary N) is 1. The molecule has 4 aromatic rings. The smallest absolute Gasteiger partial charge is 0.0831 e. The first-order chi connectivity index (χ1) is 14.6. The number of anilines is 2. The highest BCUT2D eigenvalue weighted by Crippen LogP contribution is 2.42. The maximum absolute atomic E-state index is 5.13. The average molecular weight is 390 g/mol. The lowest BCUT2D eigenvalue weighted by atomic mass is 10.1. The van der Waals surface area contributed by atoms with E-state index in [0.29, 0.717) is 0 Å². The first-order valence-corrected chi connectivity index (χ1v) is 10.2. The van der Waals surface area contributed by atoms with Crippen LogP contribution in [0.15, 0.2) is 83.9 Å². The molecule has 0 amide bonds. The SMILES string of the molecule is Cc1cc(Nc2ccccc2C)c2c(n1)-c1ccccc1C2=Nc1ccccc1C. The summed E-state index contributed by atoms with van der Waals surface area (Å²) in [6, 6.07) is 27.1. The third kappa shape index (κ3) is 3.09. The van der Waals surface area contributed by atoms with Crippen molar-refractivity contribution < 1.29 is 0 Å². The standard InChI is InChI=1S/C27H23N3/c1-17-10-4-8-14-22(17)29-24-16-19(3)28-26-20-12-6-7-13-21(20)27(25(24)26)30-23-15-9-5-11-18(23)2/h4-16H,1-3H3,(H,28,29). The molecule has 3 aromatic carbocycles. The van der Waals surface area contributed by atoms with E-state index in [1.807, 2.05) is 19.1 Å². The molecule has 0 atom stereocenters. The van der Waals surface area contributed by atoms with Crippen molar-refractivity contribution in [1.82, 2.24) is 4.98 Å². The second-order valence-corrected chi connectivity index (χ2v) is 7.77. The molecule has 1 heterocycles. The van der Waals surface area contributed by atoms with Gasteiger partial charge in [-0.3, -0.25) is 4.98 Å². The van der Waals surface area contributed by atoms with Gasteiger partial charge in [-0.05, 0) is 50.1 Å². The Balaban J connectivity index is 1.76. The lowest BCUT2D eigenvalue weighted by Gasteiger charge is -2.15. The van der Waals surface area contributed by atoms with Crippen LogP contribution in [0.3, 0.4) is 0 Å². The zero-order chi connectivity index (χ0) is 20.7. The van der Waals surface area contributed by atoms with Gasteiger partial charge in [-0.15, -0.1) is 0 Å². The van der Waals surface area contributed by atoms with Crippen LogP contribution in [-0.4, -0.2) is 10.7 Å². The van der Waals surface area contributed by atoms with Crippen LogP contribution >= 0.6 is 0 Å². The highest BCUT2D eigenvalue weighted by atomic mass is 14.9. The van der Waals surface area contributed by atoms with E-state index in [2.05, 4.69) is 85.9 Å². The van der Waals surface area contributed by atoms with Crippen molar-refractivity contribution in [2.45, 2.75) is 20.8 Å². The highest BCUT2D eigenvalue weighted by molar-refractivity contribution is 6.27. The summed E-state index contributed by atoms with van der Waals surface area (Å²) in [6.07, 6.45) is 0. The maximum atomic E-state index is 5.13. The van der Waals surface area contributed by atoms with Gasteiger partial charge in [0.2, 0.25) is 0 Å². The van der Waals surface area contributed by atoms with Gasteiger partial charge in [0.1, 0.15) is 0 Å². The van der Waals surface area contributed by atoms with Gasteiger partial charge in [-0.2, -0.15) is 0 Å².